The summed E-state index contributed by atoms with van der Waals surface area (Å²) in [5.41, 5.74) is 2.79. The van der Waals surface area contributed by atoms with Gasteiger partial charge in [-0.15, -0.1) is 0 Å². The standard InChI is InChI=1S/C17H20N6O/c1-13-4-6-14(7-5-13)15-8-9-16(24)23(22-15)11-3-10-20-17(19-2)21-12-18/h4-9H,3,10-11H2,1-2H3,(H2,19,20,21). The van der Waals surface area contributed by atoms with Gasteiger partial charge >= 0.3 is 0 Å². The smallest absolute Gasteiger partial charge is 0.266 e. The van der Waals surface area contributed by atoms with E-state index in [1.807, 2.05) is 31.2 Å². The van der Waals surface area contributed by atoms with E-state index < -0.39 is 0 Å². The molecule has 0 unspecified atom stereocenters. The number of benzene rings is 1. The zero-order chi connectivity index (χ0) is 17.4. The van der Waals surface area contributed by atoms with Crippen LogP contribution < -0.4 is 16.2 Å². The molecule has 24 heavy (non-hydrogen) atoms. The lowest BCUT2D eigenvalue weighted by Gasteiger charge is -2.09. The number of nitrogens with zero attached hydrogens (tertiary/aromatic N) is 4. The van der Waals surface area contributed by atoms with Crippen LogP contribution in [0.5, 0.6) is 0 Å². The first-order valence-corrected chi connectivity index (χ1v) is 7.65. The average Bonchev–Trinajstić information content (AvgIpc) is 2.60. The first-order chi connectivity index (χ1) is 11.6. The summed E-state index contributed by atoms with van der Waals surface area (Å²) in [6.07, 6.45) is 2.48. The summed E-state index contributed by atoms with van der Waals surface area (Å²) in [6.45, 7) is 3.08. The van der Waals surface area contributed by atoms with E-state index in [1.165, 1.54) is 16.3 Å². The Morgan fingerprint density at radius 2 is 2.04 bits per heavy atom. The Morgan fingerprint density at radius 1 is 1.29 bits per heavy atom. The Kier molecular flexibility index (Phi) is 6.08. The fraction of sp³-hybridized carbons (Fsp3) is 0.294. The second-order valence-electron chi connectivity index (χ2n) is 5.24. The number of rotatable bonds is 5. The molecule has 1 aromatic heterocycles. The van der Waals surface area contributed by atoms with E-state index in [0.717, 1.165) is 11.3 Å². The lowest BCUT2D eigenvalue weighted by Crippen LogP contribution is -2.35. The molecule has 0 fully saturated rings. The molecule has 7 heteroatoms. The lowest BCUT2D eigenvalue weighted by atomic mass is 10.1. The van der Waals surface area contributed by atoms with Crippen molar-refractivity contribution in [2.75, 3.05) is 13.6 Å². The molecule has 7 nitrogen and oxygen atoms in total. The van der Waals surface area contributed by atoms with E-state index in [0.29, 0.717) is 25.5 Å². The normalized spacial score (nSPS) is 11.0. The predicted octanol–water partition coefficient (Wildman–Crippen LogP) is 1.25. The van der Waals surface area contributed by atoms with E-state index in [9.17, 15) is 4.79 Å². The van der Waals surface area contributed by atoms with Crippen LogP contribution in [0, 0.1) is 18.4 Å². The number of aryl methyl sites for hydroxylation is 2. The van der Waals surface area contributed by atoms with Crippen molar-refractivity contribution in [1.29, 1.82) is 5.26 Å². The number of aliphatic imine (C=N–C) groups is 1. The maximum absolute atomic E-state index is 11.9. The molecule has 0 aliphatic heterocycles. The SMILES string of the molecule is CN=C(NC#N)NCCCn1nc(-c2ccc(C)cc2)ccc1=O. The Labute approximate surface area is 140 Å². The van der Waals surface area contributed by atoms with Crippen molar-refractivity contribution < 1.29 is 0 Å². The molecule has 0 amide bonds. The molecule has 0 aliphatic rings. The van der Waals surface area contributed by atoms with Crippen LogP contribution in [0.25, 0.3) is 11.3 Å². The molecular formula is C17H20N6O. The summed E-state index contributed by atoms with van der Waals surface area (Å²) in [5.74, 6) is 0.409. The van der Waals surface area contributed by atoms with Crippen LogP contribution in [-0.2, 0) is 6.54 Å². The topological polar surface area (TPSA) is 95.1 Å². The molecule has 0 saturated carbocycles. The highest BCUT2D eigenvalue weighted by Crippen LogP contribution is 2.15. The van der Waals surface area contributed by atoms with E-state index in [4.69, 9.17) is 5.26 Å². The summed E-state index contributed by atoms with van der Waals surface area (Å²) in [6, 6.07) is 11.3. The van der Waals surface area contributed by atoms with Gasteiger partial charge in [0.15, 0.2) is 6.19 Å². The van der Waals surface area contributed by atoms with Crippen molar-refractivity contribution in [3.8, 4) is 17.5 Å². The van der Waals surface area contributed by atoms with Crippen molar-refractivity contribution in [2.24, 2.45) is 4.99 Å². The number of guanidine groups is 1. The second-order valence-corrected chi connectivity index (χ2v) is 5.24. The number of aromatic nitrogens is 2. The first kappa shape index (κ1) is 17.2. The van der Waals surface area contributed by atoms with Crippen LogP contribution >= 0.6 is 0 Å². The molecule has 2 rings (SSSR count). The molecule has 0 aliphatic carbocycles. The second kappa shape index (κ2) is 8.48. The highest BCUT2D eigenvalue weighted by atomic mass is 16.1. The van der Waals surface area contributed by atoms with Gasteiger partial charge in [-0.05, 0) is 19.4 Å². The Morgan fingerprint density at radius 3 is 2.71 bits per heavy atom. The Bertz CT molecular complexity index is 801. The van der Waals surface area contributed by atoms with Crippen molar-refractivity contribution in [3.05, 3.63) is 52.3 Å². The van der Waals surface area contributed by atoms with Crippen LogP contribution in [0.1, 0.15) is 12.0 Å². The van der Waals surface area contributed by atoms with Gasteiger partial charge in [-0.3, -0.25) is 15.1 Å². The number of nitrogens with one attached hydrogen (secondary N) is 2. The van der Waals surface area contributed by atoms with Gasteiger partial charge < -0.3 is 5.32 Å². The summed E-state index contributed by atoms with van der Waals surface area (Å²) in [5, 5.41) is 18.4. The maximum Gasteiger partial charge on any atom is 0.266 e. The van der Waals surface area contributed by atoms with Gasteiger partial charge in [0, 0.05) is 31.8 Å². The van der Waals surface area contributed by atoms with Crippen molar-refractivity contribution in [2.45, 2.75) is 19.9 Å². The number of hydrogen-bond donors (Lipinski definition) is 2. The van der Waals surface area contributed by atoms with Gasteiger partial charge in [-0.1, -0.05) is 29.8 Å². The quantitative estimate of drug-likeness (QED) is 0.284. The zero-order valence-electron chi connectivity index (χ0n) is 13.8. The molecule has 1 aromatic carbocycles. The number of nitriles is 1. The van der Waals surface area contributed by atoms with Gasteiger partial charge in [0.2, 0.25) is 5.96 Å². The largest absolute Gasteiger partial charge is 0.356 e. The van der Waals surface area contributed by atoms with Gasteiger partial charge in [0.1, 0.15) is 0 Å². The fourth-order valence-corrected chi connectivity index (χ4v) is 2.16. The van der Waals surface area contributed by atoms with Gasteiger partial charge in [0.05, 0.1) is 5.69 Å². The van der Waals surface area contributed by atoms with Gasteiger partial charge in [0.25, 0.3) is 5.56 Å². The summed E-state index contributed by atoms with van der Waals surface area (Å²) < 4.78 is 1.46. The molecule has 124 valence electrons. The maximum atomic E-state index is 11.9. The monoisotopic (exact) mass is 324 g/mol. The van der Waals surface area contributed by atoms with Gasteiger partial charge in [-0.25, -0.2) is 4.68 Å². The fourth-order valence-electron chi connectivity index (χ4n) is 2.16. The minimum absolute atomic E-state index is 0.134. The third-order valence-corrected chi connectivity index (χ3v) is 3.45. The highest BCUT2D eigenvalue weighted by Gasteiger charge is 2.04. The van der Waals surface area contributed by atoms with E-state index >= 15 is 0 Å². The summed E-state index contributed by atoms with van der Waals surface area (Å²) >= 11 is 0. The molecule has 0 saturated heterocycles. The van der Waals surface area contributed by atoms with Crippen molar-refractivity contribution in [1.82, 2.24) is 20.4 Å². The third-order valence-electron chi connectivity index (χ3n) is 3.45. The molecule has 0 radical (unpaired) electrons. The molecule has 0 spiro atoms. The van der Waals surface area contributed by atoms with Crippen LogP contribution in [0.2, 0.25) is 0 Å². The first-order valence-electron chi connectivity index (χ1n) is 7.65. The molecule has 2 N–H and O–H groups in total. The Hall–Kier alpha value is -3.14. The highest BCUT2D eigenvalue weighted by molar-refractivity contribution is 5.80. The van der Waals surface area contributed by atoms with Gasteiger partial charge in [-0.2, -0.15) is 10.4 Å². The molecule has 0 atom stereocenters. The molecular weight excluding hydrogens is 304 g/mol. The third kappa shape index (κ3) is 4.68. The Balaban J connectivity index is 2.00. The van der Waals surface area contributed by atoms with Crippen LogP contribution in [0.4, 0.5) is 0 Å². The van der Waals surface area contributed by atoms with Crippen LogP contribution in [0.15, 0.2) is 46.2 Å². The predicted molar refractivity (Wildman–Crippen MR) is 93.4 cm³/mol. The molecule has 1 heterocycles. The average molecular weight is 324 g/mol. The van der Waals surface area contributed by atoms with E-state index in [1.54, 1.807) is 19.3 Å². The van der Waals surface area contributed by atoms with E-state index in [-0.39, 0.29) is 5.56 Å². The molecule has 2 aromatic rings. The minimum atomic E-state index is -0.134. The van der Waals surface area contributed by atoms with E-state index in [2.05, 4.69) is 20.7 Å². The molecule has 0 bridgehead atoms. The van der Waals surface area contributed by atoms with Crippen LogP contribution in [-0.4, -0.2) is 29.3 Å². The minimum Gasteiger partial charge on any atom is -0.356 e. The number of hydrogen-bond acceptors (Lipinski definition) is 4. The van der Waals surface area contributed by atoms with Crippen molar-refractivity contribution >= 4 is 5.96 Å². The summed E-state index contributed by atoms with van der Waals surface area (Å²) in [4.78, 5) is 15.8. The zero-order valence-corrected chi connectivity index (χ0v) is 13.8. The van der Waals surface area contributed by atoms with Crippen LogP contribution in [0.3, 0.4) is 0 Å². The lowest BCUT2D eigenvalue weighted by molar-refractivity contribution is 0.546. The summed E-state index contributed by atoms with van der Waals surface area (Å²) in [7, 11) is 1.59. The van der Waals surface area contributed by atoms with Crippen molar-refractivity contribution in [3.63, 3.8) is 0 Å².